The number of nitrogens with zero attached hydrogens (tertiary/aromatic N) is 2. The molecule has 0 radical (unpaired) electrons. The first-order valence-electron chi connectivity index (χ1n) is 5.37. The van der Waals surface area contributed by atoms with E-state index < -0.39 is 0 Å². The molecule has 1 rings (SSSR count). The molecule has 1 atom stereocenters. The van der Waals surface area contributed by atoms with Crippen LogP contribution in [0.5, 0.6) is 0 Å². The Kier molecular flexibility index (Phi) is 5.71. The molecule has 4 nitrogen and oxygen atoms in total. The molecule has 0 aromatic carbocycles. The molecule has 0 saturated heterocycles. The summed E-state index contributed by atoms with van der Waals surface area (Å²) in [5.74, 6) is 3.42. The van der Waals surface area contributed by atoms with Crippen LogP contribution in [0.15, 0.2) is 4.52 Å². The van der Waals surface area contributed by atoms with Crippen molar-refractivity contribution in [3.8, 4) is 0 Å². The number of aromatic nitrogens is 2. The SMILES string of the molecule is CCCc1nc(CSCCC(C)N)no1. The first kappa shape index (κ1) is 12.5. The van der Waals surface area contributed by atoms with Crippen LogP contribution in [0.3, 0.4) is 0 Å². The van der Waals surface area contributed by atoms with Gasteiger partial charge in [-0.2, -0.15) is 16.7 Å². The third-order valence-corrected chi connectivity index (χ3v) is 2.91. The third kappa shape index (κ3) is 5.18. The third-order valence-electron chi connectivity index (χ3n) is 1.92. The fourth-order valence-electron chi connectivity index (χ4n) is 1.10. The molecule has 2 N–H and O–H groups in total. The van der Waals surface area contributed by atoms with Crippen molar-refractivity contribution < 1.29 is 4.52 Å². The minimum atomic E-state index is 0.276. The smallest absolute Gasteiger partial charge is 0.226 e. The van der Waals surface area contributed by atoms with Crippen molar-refractivity contribution in [1.82, 2.24) is 10.1 Å². The molecule has 0 aliphatic rings. The summed E-state index contributed by atoms with van der Waals surface area (Å²) in [7, 11) is 0. The first-order valence-corrected chi connectivity index (χ1v) is 6.52. The van der Waals surface area contributed by atoms with Crippen molar-refractivity contribution in [2.45, 2.75) is 44.9 Å². The van der Waals surface area contributed by atoms with E-state index >= 15 is 0 Å². The second-order valence-electron chi connectivity index (χ2n) is 3.67. The Hall–Kier alpha value is -0.550. The summed E-state index contributed by atoms with van der Waals surface area (Å²) in [6.45, 7) is 4.12. The standard InChI is InChI=1S/C10H19N3OS/c1-3-4-10-12-9(13-14-10)7-15-6-5-8(2)11/h8H,3-7,11H2,1-2H3. The molecule has 5 heteroatoms. The fraction of sp³-hybridized carbons (Fsp3) is 0.800. The van der Waals surface area contributed by atoms with Gasteiger partial charge in [0.1, 0.15) is 0 Å². The summed E-state index contributed by atoms with van der Waals surface area (Å²) in [4.78, 5) is 4.29. The van der Waals surface area contributed by atoms with Crippen LogP contribution in [0, 0.1) is 0 Å². The number of hydrogen-bond acceptors (Lipinski definition) is 5. The van der Waals surface area contributed by atoms with Crippen molar-refractivity contribution in [1.29, 1.82) is 0 Å². The van der Waals surface area contributed by atoms with Gasteiger partial charge in [0, 0.05) is 12.5 Å². The highest BCUT2D eigenvalue weighted by Crippen LogP contribution is 2.11. The van der Waals surface area contributed by atoms with E-state index in [4.69, 9.17) is 10.3 Å². The van der Waals surface area contributed by atoms with Crippen LogP contribution in [0.25, 0.3) is 0 Å². The van der Waals surface area contributed by atoms with E-state index in [1.165, 1.54) is 0 Å². The molecule has 0 bridgehead atoms. The summed E-state index contributed by atoms with van der Waals surface area (Å²) in [5.41, 5.74) is 5.65. The van der Waals surface area contributed by atoms with Gasteiger partial charge >= 0.3 is 0 Å². The number of thioether (sulfide) groups is 1. The van der Waals surface area contributed by atoms with E-state index in [0.29, 0.717) is 0 Å². The van der Waals surface area contributed by atoms with Gasteiger partial charge in [-0.05, 0) is 25.5 Å². The van der Waals surface area contributed by atoms with Crippen molar-refractivity contribution >= 4 is 11.8 Å². The fourth-order valence-corrected chi connectivity index (χ4v) is 2.08. The average Bonchev–Trinajstić information content (AvgIpc) is 2.61. The summed E-state index contributed by atoms with van der Waals surface area (Å²) in [5, 5.41) is 3.91. The largest absolute Gasteiger partial charge is 0.339 e. The minimum Gasteiger partial charge on any atom is -0.339 e. The summed E-state index contributed by atoms with van der Waals surface area (Å²) < 4.78 is 5.08. The quantitative estimate of drug-likeness (QED) is 0.724. The van der Waals surface area contributed by atoms with Gasteiger partial charge in [0.25, 0.3) is 0 Å². The Bertz CT molecular complexity index is 275. The monoisotopic (exact) mass is 229 g/mol. The maximum Gasteiger partial charge on any atom is 0.226 e. The minimum absolute atomic E-state index is 0.276. The predicted octanol–water partition coefficient (Wildman–Crippen LogP) is 1.99. The highest BCUT2D eigenvalue weighted by atomic mass is 32.2. The van der Waals surface area contributed by atoms with E-state index in [2.05, 4.69) is 17.1 Å². The maximum absolute atomic E-state index is 5.65. The van der Waals surface area contributed by atoms with Gasteiger partial charge in [0.2, 0.25) is 5.89 Å². The number of rotatable bonds is 7. The van der Waals surface area contributed by atoms with Crippen LogP contribution in [0.2, 0.25) is 0 Å². The lowest BCUT2D eigenvalue weighted by molar-refractivity contribution is 0.373. The van der Waals surface area contributed by atoms with Crippen LogP contribution in [0.1, 0.15) is 38.4 Å². The maximum atomic E-state index is 5.65. The van der Waals surface area contributed by atoms with Crippen LogP contribution >= 0.6 is 11.8 Å². The topological polar surface area (TPSA) is 64.9 Å². The highest BCUT2D eigenvalue weighted by Gasteiger charge is 2.05. The Labute approximate surface area is 95.0 Å². The zero-order valence-electron chi connectivity index (χ0n) is 9.40. The summed E-state index contributed by atoms with van der Waals surface area (Å²) >= 11 is 1.80. The molecule has 0 aliphatic carbocycles. The van der Waals surface area contributed by atoms with Gasteiger partial charge < -0.3 is 10.3 Å². The van der Waals surface area contributed by atoms with Crippen molar-refractivity contribution in [3.05, 3.63) is 11.7 Å². The Morgan fingerprint density at radius 2 is 2.33 bits per heavy atom. The summed E-state index contributed by atoms with van der Waals surface area (Å²) in [6.07, 6.45) is 2.95. The van der Waals surface area contributed by atoms with E-state index in [0.717, 1.165) is 42.5 Å². The molecule has 0 saturated carbocycles. The normalized spacial score (nSPS) is 13.0. The zero-order valence-corrected chi connectivity index (χ0v) is 10.2. The Morgan fingerprint density at radius 1 is 1.53 bits per heavy atom. The van der Waals surface area contributed by atoms with E-state index in [9.17, 15) is 0 Å². The second-order valence-corrected chi connectivity index (χ2v) is 4.78. The van der Waals surface area contributed by atoms with Crippen LogP contribution in [-0.2, 0) is 12.2 Å². The molecule has 0 spiro atoms. The summed E-state index contributed by atoms with van der Waals surface area (Å²) in [6, 6.07) is 0.276. The Morgan fingerprint density at radius 3 is 3.00 bits per heavy atom. The molecule has 15 heavy (non-hydrogen) atoms. The molecular weight excluding hydrogens is 210 g/mol. The van der Waals surface area contributed by atoms with Gasteiger partial charge in [-0.3, -0.25) is 0 Å². The lowest BCUT2D eigenvalue weighted by Gasteiger charge is -2.02. The highest BCUT2D eigenvalue weighted by molar-refractivity contribution is 7.98. The Balaban J connectivity index is 2.19. The van der Waals surface area contributed by atoms with Gasteiger partial charge in [-0.15, -0.1) is 0 Å². The first-order chi connectivity index (χ1) is 7.22. The molecular formula is C10H19N3OS. The number of nitrogens with two attached hydrogens (primary N) is 1. The van der Waals surface area contributed by atoms with Gasteiger partial charge in [0.05, 0.1) is 5.75 Å². The average molecular weight is 229 g/mol. The lowest BCUT2D eigenvalue weighted by atomic mass is 10.3. The lowest BCUT2D eigenvalue weighted by Crippen LogP contribution is -2.15. The predicted molar refractivity (Wildman–Crippen MR) is 62.7 cm³/mol. The zero-order chi connectivity index (χ0) is 11.1. The van der Waals surface area contributed by atoms with Gasteiger partial charge in [-0.1, -0.05) is 12.1 Å². The van der Waals surface area contributed by atoms with Crippen LogP contribution in [-0.4, -0.2) is 21.9 Å². The van der Waals surface area contributed by atoms with Crippen molar-refractivity contribution in [3.63, 3.8) is 0 Å². The molecule has 86 valence electrons. The van der Waals surface area contributed by atoms with Crippen LogP contribution in [0.4, 0.5) is 0 Å². The van der Waals surface area contributed by atoms with Crippen molar-refractivity contribution in [2.75, 3.05) is 5.75 Å². The molecule has 1 unspecified atom stereocenters. The molecule has 1 heterocycles. The molecule has 1 aromatic rings. The molecule has 1 aromatic heterocycles. The molecule has 0 aliphatic heterocycles. The van der Waals surface area contributed by atoms with Crippen LogP contribution < -0.4 is 5.73 Å². The number of aryl methyl sites for hydroxylation is 1. The van der Waals surface area contributed by atoms with E-state index in [-0.39, 0.29) is 6.04 Å². The number of hydrogen-bond donors (Lipinski definition) is 1. The van der Waals surface area contributed by atoms with E-state index in [1.54, 1.807) is 11.8 Å². The van der Waals surface area contributed by atoms with Gasteiger partial charge in [0.15, 0.2) is 5.82 Å². The van der Waals surface area contributed by atoms with Gasteiger partial charge in [-0.25, -0.2) is 0 Å². The molecule has 0 fully saturated rings. The van der Waals surface area contributed by atoms with Crippen molar-refractivity contribution in [2.24, 2.45) is 5.73 Å². The second kappa shape index (κ2) is 6.85. The van der Waals surface area contributed by atoms with E-state index in [1.807, 2.05) is 6.92 Å². The molecule has 0 amide bonds.